The molecule has 3 nitrogen and oxygen atoms in total. The molecule has 144 valence electrons. The predicted octanol–water partition coefficient (Wildman–Crippen LogP) is 3.95. The van der Waals surface area contributed by atoms with Crippen molar-refractivity contribution >= 4 is 16.9 Å². The molecule has 1 aromatic heterocycles. The van der Waals surface area contributed by atoms with Crippen molar-refractivity contribution in [1.82, 2.24) is 0 Å². The number of fused-ring (bicyclic) bond motifs is 1. The van der Waals surface area contributed by atoms with Gasteiger partial charge in [0.15, 0.2) is 0 Å². The van der Waals surface area contributed by atoms with E-state index in [9.17, 15) is 15.3 Å². The quantitative estimate of drug-likeness (QED) is 0.746. The fourth-order valence-electron chi connectivity index (χ4n) is 6.50. The van der Waals surface area contributed by atoms with Crippen molar-refractivity contribution in [3.63, 3.8) is 0 Å². The third-order valence-electron chi connectivity index (χ3n) is 7.97. The summed E-state index contributed by atoms with van der Waals surface area (Å²) in [4.78, 5) is 1.40. The molecule has 3 aliphatic rings. The van der Waals surface area contributed by atoms with Crippen molar-refractivity contribution in [2.45, 2.75) is 51.6 Å². The van der Waals surface area contributed by atoms with E-state index in [2.05, 4.69) is 30.5 Å². The van der Waals surface area contributed by atoms with E-state index < -0.39 is 0 Å². The van der Waals surface area contributed by atoms with E-state index in [-0.39, 0.29) is 30.7 Å². The zero-order valence-electron chi connectivity index (χ0n) is 15.7. The summed E-state index contributed by atoms with van der Waals surface area (Å²) in [6.07, 6.45) is 8.02. The van der Waals surface area contributed by atoms with Gasteiger partial charge in [0.25, 0.3) is 0 Å². The minimum Gasteiger partial charge on any atom is -0.396 e. The standard InChI is InChI=1S/C22H32O3S/c1-22(9-8-15(25)11-14(22)12-23)20-7-6-16-17(19(20)13-24)4-5-18(16)21-3-2-10-26-21/h2-3,5,10,14-17,19-20,23-25H,4,6-9,11-13H2,1H3/t14-,15+,16+,17-,19+,20+,22+/m1/s1. The second kappa shape index (κ2) is 7.38. The Labute approximate surface area is 160 Å². The van der Waals surface area contributed by atoms with Crippen LogP contribution < -0.4 is 0 Å². The van der Waals surface area contributed by atoms with Crippen LogP contribution in [0.2, 0.25) is 0 Å². The Balaban J connectivity index is 1.57. The van der Waals surface area contributed by atoms with Crippen molar-refractivity contribution in [2.75, 3.05) is 13.2 Å². The van der Waals surface area contributed by atoms with Crippen molar-refractivity contribution in [1.29, 1.82) is 0 Å². The summed E-state index contributed by atoms with van der Waals surface area (Å²) in [5.74, 6) is 1.99. The van der Waals surface area contributed by atoms with Crippen LogP contribution in [0.15, 0.2) is 23.6 Å². The average Bonchev–Trinajstić information content (AvgIpc) is 3.31. The van der Waals surface area contributed by atoms with Crippen LogP contribution in [-0.4, -0.2) is 34.6 Å². The molecule has 0 unspecified atom stereocenters. The van der Waals surface area contributed by atoms with E-state index in [1.807, 2.05) is 11.3 Å². The van der Waals surface area contributed by atoms with Crippen LogP contribution in [-0.2, 0) is 0 Å². The first kappa shape index (κ1) is 18.7. The molecule has 0 aromatic carbocycles. The molecule has 3 N–H and O–H groups in total. The molecule has 0 bridgehead atoms. The Morgan fingerprint density at radius 1 is 1.19 bits per heavy atom. The molecule has 0 saturated heterocycles. The van der Waals surface area contributed by atoms with Crippen LogP contribution in [0.3, 0.4) is 0 Å². The SMILES string of the molecule is C[C@]1([C@H]2CC[C@@H]3C(c4cccs4)=CC[C@H]3[C@@H]2CO)CC[C@H](O)C[C@@H]1CO. The van der Waals surface area contributed by atoms with Gasteiger partial charge in [0, 0.05) is 18.1 Å². The molecule has 2 fully saturated rings. The lowest BCUT2D eigenvalue weighted by atomic mass is 9.51. The normalized spacial score (nSPS) is 43.2. The molecule has 0 spiro atoms. The van der Waals surface area contributed by atoms with Crippen molar-refractivity contribution in [3.8, 4) is 0 Å². The van der Waals surface area contributed by atoms with Gasteiger partial charge in [0.05, 0.1) is 6.10 Å². The Bertz CT molecular complexity index is 640. The van der Waals surface area contributed by atoms with Crippen LogP contribution in [0.5, 0.6) is 0 Å². The minimum absolute atomic E-state index is 0.0258. The van der Waals surface area contributed by atoms with Gasteiger partial charge in [0.1, 0.15) is 0 Å². The second-order valence-electron chi connectivity index (χ2n) is 8.99. The molecule has 0 amide bonds. The molecule has 0 radical (unpaired) electrons. The summed E-state index contributed by atoms with van der Waals surface area (Å²) < 4.78 is 0. The predicted molar refractivity (Wildman–Crippen MR) is 106 cm³/mol. The number of rotatable bonds is 4. The van der Waals surface area contributed by atoms with E-state index in [4.69, 9.17) is 0 Å². The highest BCUT2D eigenvalue weighted by Crippen LogP contribution is 2.59. The first-order valence-electron chi connectivity index (χ1n) is 10.2. The monoisotopic (exact) mass is 376 g/mol. The smallest absolute Gasteiger partial charge is 0.0544 e. The largest absolute Gasteiger partial charge is 0.396 e. The molecule has 0 aliphatic heterocycles. The molecule has 3 aliphatic carbocycles. The van der Waals surface area contributed by atoms with Crippen molar-refractivity contribution in [3.05, 3.63) is 28.5 Å². The van der Waals surface area contributed by atoms with Gasteiger partial charge in [0.2, 0.25) is 0 Å². The van der Waals surface area contributed by atoms with E-state index in [0.29, 0.717) is 30.1 Å². The summed E-state index contributed by atoms with van der Waals surface area (Å²) in [5, 5.41) is 32.6. The summed E-state index contributed by atoms with van der Waals surface area (Å²) in [5.41, 5.74) is 1.53. The Morgan fingerprint density at radius 2 is 2.04 bits per heavy atom. The summed E-state index contributed by atoms with van der Waals surface area (Å²) in [7, 11) is 0. The Morgan fingerprint density at radius 3 is 2.73 bits per heavy atom. The van der Waals surface area contributed by atoms with Gasteiger partial charge in [-0.3, -0.25) is 0 Å². The Kier molecular flexibility index (Phi) is 5.30. The highest BCUT2D eigenvalue weighted by atomic mass is 32.1. The van der Waals surface area contributed by atoms with Crippen LogP contribution in [0.25, 0.3) is 5.57 Å². The number of aliphatic hydroxyl groups excluding tert-OH is 3. The second-order valence-corrected chi connectivity index (χ2v) is 9.93. The topological polar surface area (TPSA) is 60.7 Å². The molecule has 1 heterocycles. The lowest BCUT2D eigenvalue weighted by Crippen LogP contribution is -2.50. The van der Waals surface area contributed by atoms with E-state index >= 15 is 0 Å². The minimum atomic E-state index is -0.275. The molecule has 2 saturated carbocycles. The Hall–Kier alpha value is -0.680. The van der Waals surface area contributed by atoms with Gasteiger partial charge in [-0.25, -0.2) is 0 Å². The van der Waals surface area contributed by atoms with Gasteiger partial charge >= 0.3 is 0 Å². The molecule has 7 atom stereocenters. The van der Waals surface area contributed by atoms with Gasteiger partial charge in [-0.1, -0.05) is 19.1 Å². The summed E-state index contributed by atoms with van der Waals surface area (Å²) >= 11 is 1.83. The number of aliphatic hydroxyl groups is 3. The molecular weight excluding hydrogens is 344 g/mol. The van der Waals surface area contributed by atoms with Gasteiger partial charge < -0.3 is 15.3 Å². The van der Waals surface area contributed by atoms with Crippen LogP contribution in [0.1, 0.15) is 50.3 Å². The molecular formula is C22H32O3S. The third kappa shape index (κ3) is 2.99. The lowest BCUT2D eigenvalue weighted by molar-refractivity contribution is -0.0919. The van der Waals surface area contributed by atoms with Crippen LogP contribution in [0, 0.1) is 35.0 Å². The van der Waals surface area contributed by atoms with Crippen LogP contribution >= 0.6 is 11.3 Å². The zero-order chi connectivity index (χ0) is 18.3. The first-order chi connectivity index (χ1) is 12.6. The number of hydrogen-bond donors (Lipinski definition) is 3. The maximum atomic E-state index is 10.3. The molecule has 26 heavy (non-hydrogen) atoms. The van der Waals surface area contributed by atoms with E-state index in [1.54, 1.807) is 0 Å². The highest BCUT2D eigenvalue weighted by molar-refractivity contribution is 7.11. The molecule has 4 heteroatoms. The fraction of sp³-hybridized carbons (Fsp3) is 0.727. The maximum Gasteiger partial charge on any atom is 0.0544 e. The number of hydrogen-bond acceptors (Lipinski definition) is 4. The maximum absolute atomic E-state index is 10.3. The average molecular weight is 377 g/mol. The zero-order valence-corrected chi connectivity index (χ0v) is 16.5. The summed E-state index contributed by atoms with van der Waals surface area (Å²) in [6.45, 7) is 2.71. The molecule has 4 rings (SSSR count). The number of allylic oxidation sites excluding steroid dienone is 2. The first-order valence-corrected chi connectivity index (χ1v) is 11.1. The lowest BCUT2D eigenvalue weighted by Gasteiger charge is -2.54. The van der Waals surface area contributed by atoms with E-state index in [1.165, 1.54) is 16.9 Å². The molecule has 1 aromatic rings. The number of thiophene rings is 1. The summed E-state index contributed by atoms with van der Waals surface area (Å²) in [6, 6.07) is 4.36. The van der Waals surface area contributed by atoms with Gasteiger partial charge in [-0.2, -0.15) is 0 Å². The van der Waals surface area contributed by atoms with Crippen molar-refractivity contribution < 1.29 is 15.3 Å². The van der Waals surface area contributed by atoms with Crippen molar-refractivity contribution in [2.24, 2.45) is 35.0 Å². The van der Waals surface area contributed by atoms with E-state index in [0.717, 1.165) is 25.7 Å². The fourth-order valence-corrected chi connectivity index (χ4v) is 7.33. The van der Waals surface area contributed by atoms with Gasteiger partial charge in [-0.05, 0) is 90.5 Å². The van der Waals surface area contributed by atoms with Gasteiger partial charge in [-0.15, -0.1) is 11.3 Å². The van der Waals surface area contributed by atoms with Crippen LogP contribution in [0.4, 0.5) is 0 Å². The third-order valence-corrected chi connectivity index (χ3v) is 8.89. The highest BCUT2D eigenvalue weighted by Gasteiger charge is 2.52.